The minimum atomic E-state index is 0.611. The van der Waals surface area contributed by atoms with Crippen molar-refractivity contribution in [2.45, 2.75) is 38.1 Å². The minimum absolute atomic E-state index is 0.611. The maximum Gasteiger partial charge on any atom is 0.195 e. The van der Waals surface area contributed by atoms with Crippen LogP contribution in [0.25, 0.3) is 0 Å². The Morgan fingerprint density at radius 1 is 1.53 bits per heavy atom. The fourth-order valence-corrected chi connectivity index (χ4v) is 2.41. The number of aromatic nitrogens is 1. The van der Waals surface area contributed by atoms with Crippen LogP contribution in [0.2, 0.25) is 0 Å². The first-order valence-corrected chi connectivity index (χ1v) is 6.57. The Morgan fingerprint density at radius 3 is 3.18 bits per heavy atom. The van der Waals surface area contributed by atoms with Crippen molar-refractivity contribution in [3.05, 3.63) is 17.8 Å². The Labute approximate surface area is 103 Å². The summed E-state index contributed by atoms with van der Waals surface area (Å²) < 4.78 is 5.55. The van der Waals surface area contributed by atoms with E-state index in [0.717, 1.165) is 31.0 Å². The first kappa shape index (κ1) is 12.6. The summed E-state index contributed by atoms with van der Waals surface area (Å²) in [4.78, 5) is 6.97. The summed E-state index contributed by atoms with van der Waals surface area (Å²) in [5, 5.41) is 3.12. The second-order valence-electron chi connectivity index (χ2n) is 4.92. The summed E-state index contributed by atoms with van der Waals surface area (Å²) in [6.07, 6.45) is 7.63. The highest BCUT2D eigenvalue weighted by atomic mass is 16.3. The Kier molecular flexibility index (Phi) is 4.57. The van der Waals surface area contributed by atoms with Crippen LogP contribution in [-0.2, 0) is 12.8 Å². The molecule has 96 valence electrons. The monoisotopic (exact) mass is 237 g/mol. The van der Waals surface area contributed by atoms with Crippen LogP contribution in [0.4, 0.5) is 0 Å². The molecule has 1 saturated heterocycles. The molecule has 1 aromatic rings. The summed E-state index contributed by atoms with van der Waals surface area (Å²) in [5.74, 6) is 0.898. The number of likely N-dealkylation sites (tertiary alicyclic amines) is 1. The highest BCUT2D eigenvalue weighted by molar-refractivity contribution is 4.99. The third-order valence-electron chi connectivity index (χ3n) is 3.56. The molecule has 0 spiro atoms. The molecule has 0 bridgehead atoms. The van der Waals surface area contributed by atoms with Crippen LogP contribution in [0.15, 0.2) is 10.7 Å². The Balaban J connectivity index is 1.87. The summed E-state index contributed by atoms with van der Waals surface area (Å²) in [6, 6.07) is 0.611. The Hall–Kier alpha value is -0.870. The van der Waals surface area contributed by atoms with E-state index < -0.39 is 0 Å². The molecule has 1 aliphatic rings. The summed E-state index contributed by atoms with van der Waals surface area (Å²) in [6.45, 7) is 2.16. The number of nitrogens with zero attached hydrogens (tertiary/aromatic N) is 2. The predicted molar refractivity (Wildman–Crippen MR) is 68.1 cm³/mol. The second kappa shape index (κ2) is 6.17. The van der Waals surface area contributed by atoms with Crippen molar-refractivity contribution in [1.29, 1.82) is 0 Å². The highest BCUT2D eigenvalue weighted by Crippen LogP contribution is 2.18. The van der Waals surface area contributed by atoms with E-state index in [0.29, 0.717) is 6.04 Å². The van der Waals surface area contributed by atoms with Crippen LogP contribution in [0.5, 0.6) is 0 Å². The van der Waals surface area contributed by atoms with Gasteiger partial charge >= 0.3 is 0 Å². The number of nitrogens with one attached hydrogen (secondary N) is 1. The SMILES string of the molecule is CNCCc1coc(CC2CCCCN2C)n1. The van der Waals surface area contributed by atoms with Crippen molar-refractivity contribution in [1.82, 2.24) is 15.2 Å². The van der Waals surface area contributed by atoms with Gasteiger partial charge in [0.1, 0.15) is 6.26 Å². The van der Waals surface area contributed by atoms with Crippen LogP contribution in [0.3, 0.4) is 0 Å². The molecule has 1 N–H and O–H groups in total. The molecule has 2 heterocycles. The lowest BCUT2D eigenvalue weighted by molar-refractivity contribution is 0.177. The minimum Gasteiger partial charge on any atom is -0.449 e. The van der Waals surface area contributed by atoms with E-state index in [1.807, 2.05) is 7.05 Å². The van der Waals surface area contributed by atoms with Crippen molar-refractivity contribution in [3.63, 3.8) is 0 Å². The summed E-state index contributed by atoms with van der Waals surface area (Å²) in [5.41, 5.74) is 1.06. The van der Waals surface area contributed by atoms with Crippen molar-refractivity contribution in [2.75, 3.05) is 27.2 Å². The van der Waals surface area contributed by atoms with Gasteiger partial charge in [0.15, 0.2) is 5.89 Å². The van der Waals surface area contributed by atoms with Gasteiger partial charge < -0.3 is 14.6 Å². The molecule has 0 saturated carbocycles. The topological polar surface area (TPSA) is 41.3 Å². The van der Waals surface area contributed by atoms with Gasteiger partial charge in [-0.1, -0.05) is 6.42 Å². The van der Waals surface area contributed by atoms with Crippen molar-refractivity contribution in [3.8, 4) is 0 Å². The molecule has 4 nitrogen and oxygen atoms in total. The van der Waals surface area contributed by atoms with E-state index in [-0.39, 0.29) is 0 Å². The van der Waals surface area contributed by atoms with Gasteiger partial charge in [0.2, 0.25) is 0 Å². The van der Waals surface area contributed by atoms with Gasteiger partial charge in [-0.15, -0.1) is 0 Å². The largest absolute Gasteiger partial charge is 0.449 e. The van der Waals surface area contributed by atoms with Crippen molar-refractivity contribution in [2.24, 2.45) is 0 Å². The molecule has 2 rings (SSSR count). The van der Waals surface area contributed by atoms with Gasteiger partial charge in [-0.2, -0.15) is 0 Å². The van der Waals surface area contributed by atoms with Crippen LogP contribution >= 0.6 is 0 Å². The number of oxazole rings is 1. The van der Waals surface area contributed by atoms with Crippen LogP contribution in [0.1, 0.15) is 30.8 Å². The van der Waals surface area contributed by atoms with Gasteiger partial charge in [0.05, 0.1) is 5.69 Å². The molecule has 0 amide bonds. The van der Waals surface area contributed by atoms with E-state index in [2.05, 4.69) is 22.2 Å². The quantitative estimate of drug-likeness (QED) is 0.842. The smallest absolute Gasteiger partial charge is 0.195 e. The lowest BCUT2D eigenvalue weighted by Gasteiger charge is -2.31. The zero-order valence-corrected chi connectivity index (χ0v) is 10.9. The molecule has 0 aromatic carbocycles. The van der Waals surface area contributed by atoms with Crippen LogP contribution in [-0.4, -0.2) is 43.1 Å². The fourth-order valence-electron chi connectivity index (χ4n) is 2.41. The average Bonchev–Trinajstić information content (AvgIpc) is 2.77. The maximum atomic E-state index is 5.55. The Morgan fingerprint density at radius 2 is 2.41 bits per heavy atom. The third-order valence-corrected chi connectivity index (χ3v) is 3.56. The van der Waals surface area contributed by atoms with E-state index >= 15 is 0 Å². The fraction of sp³-hybridized carbons (Fsp3) is 0.769. The molecule has 0 aliphatic carbocycles. The van der Waals surface area contributed by atoms with Crippen LogP contribution in [0, 0.1) is 0 Å². The van der Waals surface area contributed by atoms with Gasteiger partial charge in [0.25, 0.3) is 0 Å². The van der Waals surface area contributed by atoms with Gasteiger partial charge in [-0.3, -0.25) is 0 Å². The van der Waals surface area contributed by atoms with Crippen molar-refractivity contribution < 1.29 is 4.42 Å². The van der Waals surface area contributed by atoms with E-state index in [1.165, 1.54) is 25.8 Å². The first-order chi connectivity index (χ1) is 8.29. The standard InChI is InChI=1S/C13H23N3O/c1-14-7-6-11-10-17-13(15-11)9-12-5-3-4-8-16(12)2/h10,12,14H,3-9H2,1-2H3. The molecule has 1 unspecified atom stereocenters. The average molecular weight is 237 g/mol. The van der Waals surface area contributed by atoms with Crippen LogP contribution < -0.4 is 5.32 Å². The molecule has 4 heteroatoms. The van der Waals surface area contributed by atoms with Gasteiger partial charge in [0, 0.05) is 25.4 Å². The molecular formula is C13H23N3O. The second-order valence-corrected chi connectivity index (χ2v) is 4.92. The van der Waals surface area contributed by atoms with E-state index in [1.54, 1.807) is 6.26 Å². The molecule has 1 fully saturated rings. The van der Waals surface area contributed by atoms with E-state index in [9.17, 15) is 0 Å². The number of likely N-dealkylation sites (N-methyl/N-ethyl adjacent to an activating group) is 2. The summed E-state index contributed by atoms with van der Waals surface area (Å²) >= 11 is 0. The van der Waals surface area contributed by atoms with E-state index in [4.69, 9.17) is 4.42 Å². The third kappa shape index (κ3) is 3.54. The van der Waals surface area contributed by atoms with Gasteiger partial charge in [-0.25, -0.2) is 4.98 Å². The number of rotatable bonds is 5. The predicted octanol–water partition coefficient (Wildman–Crippen LogP) is 1.46. The normalized spacial score (nSPS) is 21.9. The first-order valence-electron chi connectivity index (χ1n) is 6.57. The molecule has 17 heavy (non-hydrogen) atoms. The molecule has 0 radical (unpaired) electrons. The zero-order chi connectivity index (χ0) is 12.1. The number of hydrogen-bond acceptors (Lipinski definition) is 4. The number of hydrogen-bond donors (Lipinski definition) is 1. The molecular weight excluding hydrogens is 214 g/mol. The Bertz CT molecular complexity index is 337. The molecule has 1 aromatic heterocycles. The number of piperidine rings is 1. The highest BCUT2D eigenvalue weighted by Gasteiger charge is 2.21. The van der Waals surface area contributed by atoms with Crippen molar-refractivity contribution >= 4 is 0 Å². The molecule has 1 aliphatic heterocycles. The lowest BCUT2D eigenvalue weighted by Crippen LogP contribution is -2.37. The maximum absolute atomic E-state index is 5.55. The molecule has 1 atom stereocenters. The summed E-state index contributed by atoms with van der Waals surface area (Å²) in [7, 11) is 4.16. The zero-order valence-electron chi connectivity index (χ0n) is 10.9. The van der Waals surface area contributed by atoms with Gasteiger partial charge in [-0.05, 0) is 33.5 Å². The lowest BCUT2D eigenvalue weighted by atomic mass is 10.0.